The molecule has 0 fully saturated rings. The molecule has 1 amide bonds. The van der Waals surface area contributed by atoms with Crippen LogP contribution in [0.2, 0.25) is 0 Å². The fourth-order valence-electron chi connectivity index (χ4n) is 1.75. The molecule has 1 unspecified atom stereocenters. The summed E-state index contributed by atoms with van der Waals surface area (Å²) in [5.74, 6) is -0.237. The number of halogens is 1. The Hall–Kier alpha value is -1.89. The van der Waals surface area contributed by atoms with Gasteiger partial charge in [0, 0.05) is 25.4 Å². The number of aromatic nitrogens is 2. The Bertz CT molecular complexity index is 559. The predicted molar refractivity (Wildman–Crippen MR) is 82.5 cm³/mol. The van der Waals surface area contributed by atoms with Gasteiger partial charge in [0.05, 0.1) is 18.5 Å². The van der Waals surface area contributed by atoms with E-state index in [1.807, 2.05) is 36.5 Å². The van der Waals surface area contributed by atoms with Gasteiger partial charge in [-0.25, -0.2) is 4.68 Å². The highest BCUT2D eigenvalue weighted by Crippen LogP contribution is 2.07. The van der Waals surface area contributed by atoms with E-state index in [0.29, 0.717) is 6.54 Å². The number of nitrogens with zero attached hydrogens (tertiary/aromatic N) is 2. The van der Waals surface area contributed by atoms with Crippen molar-refractivity contribution in [3.8, 4) is 5.69 Å². The van der Waals surface area contributed by atoms with Gasteiger partial charge < -0.3 is 15.8 Å². The number of nitrogens with two attached hydrogens (primary N) is 1. The molecule has 6 nitrogen and oxygen atoms in total. The van der Waals surface area contributed by atoms with Gasteiger partial charge in [0.1, 0.15) is 6.04 Å². The van der Waals surface area contributed by atoms with Gasteiger partial charge in [-0.2, -0.15) is 5.10 Å². The summed E-state index contributed by atoms with van der Waals surface area (Å²) >= 11 is 0. The van der Waals surface area contributed by atoms with Crippen LogP contribution in [0.3, 0.4) is 0 Å². The van der Waals surface area contributed by atoms with Crippen molar-refractivity contribution in [2.24, 2.45) is 5.73 Å². The van der Waals surface area contributed by atoms with Crippen LogP contribution < -0.4 is 11.1 Å². The van der Waals surface area contributed by atoms with Gasteiger partial charge in [0.15, 0.2) is 0 Å². The van der Waals surface area contributed by atoms with E-state index in [1.165, 1.54) is 7.11 Å². The zero-order chi connectivity index (χ0) is 14.4. The van der Waals surface area contributed by atoms with Gasteiger partial charge in [-0.15, -0.1) is 12.4 Å². The van der Waals surface area contributed by atoms with Gasteiger partial charge in [-0.05, 0) is 12.1 Å². The fourth-order valence-corrected chi connectivity index (χ4v) is 1.75. The first-order valence-electron chi connectivity index (χ1n) is 6.32. The summed E-state index contributed by atoms with van der Waals surface area (Å²) in [7, 11) is 1.51. The van der Waals surface area contributed by atoms with Crippen molar-refractivity contribution in [1.29, 1.82) is 0 Å². The van der Waals surface area contributed by atoms with E-state index < -0.39 is 6.04 Å². The lowest BCUT2D eigenvalue weighted by atomic mass is 10.3. The lowest BCUT2D eigenvalue weighted by Gasteiger charge is -2.10. The molecule has 0 bridgehead atoms. The second-order valence-electron chi connectivity index (χ2n) is 4.41. The smallest absolute Gasteiger partial charge is 0.239 e. The standard InChI is InChI=1S/C14H18N4O2.ClH/c1-20-10-13(15)14(19)16-7-11-8-17-18(9-11)12-5-3-2-4-6-12;/h2-6,8-9,13H,7,10,15H2,1H3,(H,16,19);1H. The van der Waals surface area contributed by atoms with Crippen LogP contribution in [0.5, 0.6) is 0 Å². The zero-order valence-electron chi connectivity index (χ0n) is 11.7. The molecule has 0 saturated carbocycles. The first-order valence-corrected chi connectivity index (χ1v) is 6.32. The van der Waals surface area contributed by atoms with Gasteiger partial charge in [0.25, 0.3) is 0 Å². The van der Waals surface area contributed by atoms with Gasteiger partial charge >= 0.3 is 0 Å². The molecule has 7 heteroatoms. The monoisotopic (exact) mass is 310 g/mol. The number of methoxy groups -OCH3 is 1. The molecule has 0 saturated heterocycles. The van der Waals surface area contributed by atoms with Crippen LogP contribution in [0.15, 0.2) is 42.7 Å². The maximum Gasteiger partial charge on any atom is 0.239 e. The third-order valence-electron chi connectivity index (χ3n) is 2.81. The van der Waals surface area contributed by atoms with Crippen LogP contribution in [0.1, 0.15) is 5.56 Å². The largest absolute Gasteiger partial charge is 0.383 e. The minimum absolute atomic E-state index is 0. The number of hydrogen-bond donors (Lipinski definition) is 2. The molecule has 0 aliphatic carbocycles. The van der Waals surface area contributed by atoms with Gasteiger partial charge in [-0.1, -0.05) is 18.2 Å². The second kappa shape index (κ2) is 8.41. The topological polar surface area (TPSA) is 82.2 Å². The molecule has 1 heterocycles. The molecule has 0 radical (unpaired) electrons. The lowest BCUT2D eigenvalue weighted by Crippen LogP contribution is -2.43. The third kappa shape index (κ3) is 4.86. The van der Waals surface area contributed by atoms with Crippen molar-refractivity contribution in [3.63, 3.8) is 0 Å². The number of nitrogens with one attached hydrogen (secondary N) is 1. The maximum atomic E-state index is 11.6. The Morgan fingerprint density at radius 1 is 1.43 bits per heavy atom. The highest BCUT2D eigenvalue weighted by molar-refractivity contribution is 5.85. The predicted octanol–water partition coefficient (Wildman–Crippen LogP) is 0.884. The molecule has 0 aliphatic heterocycles. The summed E-state index contributed by atoms with van der Waals surface area (Å²) in [6.45, 7) is 0.595. The molecule has 21 heavy (non-hydrogen) atoms. The van der Waals surface area contributed by atoms with E-state index in [-0.39, 0.29) is 24.9 Å². The summed E-state index contributed by atoms with van der Waals surface area (Å²) in [6.07, 6.45) is 3.59. The molecule has 2 aromatic rings. The van der Waals surface area contributed by atoms with Gasteiger partial charge in [0.2, 0.25) is 5.91 Å². The van der Waals surface area contributed by atoms with E-state index >= 15 is 0 Å². The molecule has 3 N–H and O–H groups in total. The van der Waals surface area contributed by atoms with Crippen molar-refractivity contribution < 1.29 is 9.53 Å². The van der Waals surface area contributed by atoms with Crippen molar-refractivity contribution >= 4 is 18.3 Å². The molecular formula is C14H19ClN4O2. The Morgan fingerprint density at radius 2 is 2.14 bits per heavy atom. The number of rotatable bonds is 6. The molecule has 2 rings (SSSR count). The number of benzene rings is 1. The number of ether oxygens (including phenoxy) is 1. The summed E-state index contributed by atoms with van der Waals surface area (Å²) in [5, 5.41) is 7.01. The number of amides is 1. The Morgan fingerprint density at radius 3 is 2.81 bits per heavy atom. The summed E-state index contributed by atoms with van der Waals surface area (Å²) in [6, 6.07) is 9.12. The average molecular weight is 311 g/mol. The van der Waals surface area contributed by atoms with Crippen LogP contribution in [0, 0.1) is 0 Å². The number of hydrogen-bond acceptors (Lipinski definition) is 4. The Labute approximate surface area is 129 Å². The zero-order valence-corrected chi connectivity index (χ0v) is 12.5. The Kier molecular flexibility index (Phi) is 6.87. The van der Waals surface area contributed by atoms with Crippen molar-refractivity contribution in [3.05, 3.63) is 48.3 Å². The van der Waals surface area contributed by atoms with E-state index in [1.54, 1.807) is 10.9 Å². The first-order chi connectivity index (χ1) is 9.70. The molecule has 1 atom stereocenters. The fraction of sp³-hybridized carbons (Fsp3) is 0.286. The minimum Gasteiger partial charge on any atom is -0.383 e. The number of carbonyl (C=O) groups is 1. The van der Waals surface area contributed by atoms with Crippen LogP contribution in [-0.4, -0.2) is 35.4 Å². The van der Waals surface area contributed by atoms with Crippen LogP contribution in [0.4, 0.5) is 0 Å². The minimum atomic E-state index is -0.649. The molecule has 0 spiro atoms. The highest BCUT2D eigenvalue weighted by atomic mass is 35.5. The van der Waals surface area contributed by atoms with E-state index in [4.69, 9.17) is 10.5 Å². The maximum absolute atomic E-state index is 11.6. The molecule has 0 aliphatic rings. The highest BCUT2D eigenvalue weighted by Gasteiger charge is 2.12. The number of para-hydroxylation sites is 1. The van der Waals surface area contributed by atoms with Crippen molar-refractivity contribution in [2.75, 3.05) is 13.7 Å². The van der Waals surface area contributed by atoms with E-state index in [2.05, 4.69) is 10.4 Å². The molecule has 1 aromatic carbocycles. The van der Waals surface area contributed by atoms with Crippen LogP contribution in [0.25, 0.3) is 5.69 Å². The van der Waals surface area contributed by atoms with Crippen LogP contribution in [-0.2, 0) is 16.1 Å². The third-order valence-corrected chi connectivity index (χ3v) is 2.81. The lowest BCUT2D eigenvalue weighted by molar-refractivity contribution is -0.123. The quantitative estimate of drug-likeness (QED) is 0.830. The van der Waals surface area contributed by atoms with Crippen molar-refractivity contribution in [1.82, 2.24) is 15.1 Å². The second-order valence-corrected chi connectivity index (χ2v) is 4.41. The normalized spacial score (nSPS) is 11.5. The van der Waals surface area contributed by atoms with E-state index in [9.17, 15) is 4.79 Å². The SMILES string of the molecule is COCC(N)C(=O)NCc1cnn(-c2ccccc2)c1.Cl. The van der Waals surface area contributed by atoms with E-state index in [0.717, 1.165) is 11.3 Å². The Balaban J connectivity index is 0.00000220. The molecule has 114 valence electrons. The van der Waals surface area contributed by atoms with Gasteiger partial charge in [-0.3, -0.25) is 4.79 Å². The molecule has 1 aromatic heterocycles. The summed E-state index contributed by atoms with van der Waals surface area (Å²) in [4.78, 5) is 11.6. The van der Waals surface area contributed by atoms with Crippen molar-refractivity contribution in [2.45, 2.75) is 12.6 Å². The number of carbonyl (C=O) groups excluding carboxylic acids is 1. The average Bonchev–Trinajstić information content (AvgIpc) is 2.95. The molecular weight excluding hydrogens is 292 g/mol. The first kappa shape index (κ1) is 17.2. The summed E-state index contributed by atoms with van der Waals surface area (Å²) < 4.78 is 6.60. The van der Waals surface area contributed by atoms with Crippen LogP contribution >= 0.6 is 12.4 Å². The summed E-state index contributed by atoms with van der Waals surface area (Å²) in [5.41, 5.74) is 7.51.